The highest BCUT2D eigenvalue weighted by Crippen LogP contribution is 2.28. The van der Waals surface area contributed by atoms with Crippen LogP contribution in [-0.2, 0) is 4.79 Å². The van der Waals surface area contributed by atoms with Gasteiger partial charge in [0.25, 0.3) is 0 Å². The maximum Gasteiger partial charge on any atom is 0.230 e. The third kappa shape index (κ3) is 5.43. The molecule has 0 saturated heterocycles. The number of aryl methyl sites for hydroxylation is 2. The van der Waals surface area contributed by atoms with E-state index >= 15 is 0 Å². The summed E-state index contributed by atoms with van der Waals surface area (Å²) in [5.74, 6) is 0.824. The zero-order chi connectivity index (χ0) is 23.4. The van der Waals surface area contributed by atoms with Gasteiger partial charge in [0.05, 0.1) is 11.8 Å². The number of carbonyl (C=O) groups excluding carboxylic acids is 1. The quantitative estimate of drug-likeness (QED) is 0.352. The number of rotatable bonds is 7. The molecule has 4 aromatic rings. The zero-order valence-electron chi connectivity index (χ0n) is 18.6. The number of hydrogen-bond donors (Lipinski definition) is 1. The maximum atomic E-state index is 12.7. The summed E-state index contributed by atoms with van der Waals surface area (Å²) in [4.78, 5) is 16.8. The molecule has 0 fully saturated rings. The summed E-state index contributed by atoms with van der Waals surface area (Å²) in [5, 5.41) is 13.1. The standard InChI is InChI=1S/C25H24ClN5OS/c1-16-4-5-20(14-17(16)2)18(3)28-23(32)15-33-25-30-29-24(19-10-12-27-13-11-19)31(25)22-8-6-21(26)7-9-22/h4-14,18H,15H2,1-3H3,(H,28,32). The van der Waals surface area contributed by atoms with Crippen molar-refractivity contribution in [3.05, 3.63) is 88.7 Å². The van der Waals surface area contributed by atoms with E-state index in [0.717, 1.165) is 16.8 Å². The topological polar surface area (TPSA) is 72.7 Å². The fourth-order valence-corrected chi connectivity index (χ4v) is 4.29. The van der Waals surface area contributed by atoms with Crippen molar-refractivity contribution in [2.24, 2.45) is 0 Å². The molecule has 6 nitrogen and oxygen atoms in total. The van der Waals surface area contributed by atoms with Gasteiger partial charge in [0.15, 0.2) is 11.0 Å². The third-order valence-electron chi connectivity index (χ3n) is 5.40. The molecule has 2 aromatic carbocycles. The predicted octanol–water partition coefficient (Wildman–Crippen LogP) is 5.57. The Labute approximate surface area is 202 Å². The molecule has 0 spiro atoms. The van der Waals surface area contributed by atoms with Crippen LogP contribution in [0.15, 0.2) is 72.1 Å². The van der Waals surface area contributed by atoms with Gasteiger partial charge in [-0.15, -0.1) is 10.2 Å². The Balaban J connectivity index is 1.53. The molecule has 168 valence electrons. The largest absolute Gasteiger partial charge is 0.349 e. The molecule has 2 heterocycles. The number of hydrogen-bond acceptors (Lipinski definition) is 5. The summed E-state index contributed by atoms with van der Waals surface area (Å²) in [5.41, 5.74) is 5.28. The van der Waals surface area contributed by atoms with Gasteiger partial charge < -0.3 is 5.32 Å². The van der Waals surface area contributed by atoms with E-state index < -0.39 is 0 Å². The van der Waals surface area contributed by atoms with Crippen LogP contribution in [0.1, 0.15) is 29.7 Å². The summed E-state index contributed by atoms with van der Waals surface area (Å²) in [6, 6.07) is 17.4. The van der Waals surface area contributed by atoms with Crippen LogP contribution in [0, 0.1) is 13.8 Å². The molecule has 4 rings (SSSR count). The third-order valence-corrected chi connectivity index (χ3v) is 6.58. The highest BCUT2D eigenvalue weighted by Gasteiger charge is 2.18. The van der Waals surface area contributed by atoms with E-state index in [0.29, 0.717) is 16.0 Å². The Bertz CT molecular complexity index is 1260. The number of halogens is 1. The Morgan fingerprint density at radius 2 is 1.76 bits per heavy atom. The first-order valence-corrected chi connectivity index (χ1v) is 11.9. The van der Waals surface area contributed by atoms with Gasteiger partial charge in [0, 0.05) is 28.7 Å². The second-order valence-electron chi connectivity index (χ2n) is 7.78. The molecular formula is C25H24ClN5OS. The minimum absolute atomic E-state index is 0.0677. The van der Waals surface area contributed by atoms with Crippen molar-refractivity contribution in [3.63, 3.8) is 0 Å². The average molecular weight is 478 g/mol. The van der Waals surface area contributed by atoms with Gasteiger partial charge in [-0.05, 0) is 73.9 Å². The van der Waals surface area contributed by atoms with E-state index in [1.165, 1.54) is 22.9 Å². The predicted molar refractivity (Wildman–Crippen MR) is 133 cm³/mol. The summed E-state index contributed by atoms with van der Waals surface area (Å²) in [6.07, 6.45) is 3.43. The SMILES string of the molecule is Cc1ccc(C(C)NC(=O)CSc2nnc(-c3ccncc3)n2-c2ccc(Cl)cc2)cc1C. The minimum Gasteiger partial charge on any atom is -0.349 e. The number of aromatic nitrogens is 4. The smallest absolute Gasteiger partial charge is 0.230 e. The van der Waals surface area contributed by atoms with Gasteiger partial charge in [-0.3, -0.25) is 14.3 Å². The molecule has 0 radical (unpaired) electrons. The normalized spacial score (nSPS) is 11.9. The van der Waals surface area contributed by atoms with Crippen LogP contribution in [0.4, 0.5) is 0 Å². The van der Waals surface area contributed by atoms with Gasteiger partial charge in [-0.2, -0.15) is 0 Å². The summed E-state index contributed by atoms with van der Waals surface area (Å²) < 4.78 is 1.93. The second-order valence-corrected chi connectivity index (χ2v) is 9.15. The van der Waals surface area contributed by atoms with Crippen LogP contribution in [-0.4, -0.2) is 31.4 Å². The first-order chi connectivity index (χ1) is 15.9. The lowest BCUT2D eigenvalue weighted by Gasteiger charge is -2.16. The lowest BCUT2D eigenvalue weighted by molar-refractivity contribution is -0.119. The maximum absolute atomic E-state index is 12.7. The number of carbonyl (C=O) groups is 1. The highest BCUT2D eigenvalue weighted by atomic mass is 35.5. The molecule has 8 heteroatoms. The zero-order valence-corrected chi connectivity index (χ0v) is 20.2. The van der Waals surface area contributed by atoms with Crippen molar-refractivity contribution in [1.82, 2.24) is 25.1 Å². The van der Waals surface area contributed by atoms with Crippen molar-refractivity contribution >= 4 is 29.3 Å². The molecule has 0 aliphatic heterocycles. The van der Waals surface area contributed by atoms with Crippen molar-refractivity contribution in [1.29, 1.82) is 0 Å². The number of nitrogens with one attached hydrogen (secondary N) is 1. The Kier molecular flexibility index (Phi) is 7.11. The Morgan fingerprint density at radius 1 is 1.03 bits per heavy atom. The van der Waals surface area contributed by atoms with Crippen molar-refractivity contribution < 1.29 is 4.79 Å². The van der Waals surface area contributed by atoms with Gasteiger partial charge in [0.2, 0.25) is 5.91 Å². The lowest BCUT2D eigenvalue weighted by atomic mass is 10.0. The molecule has 1 N–H and O–H groups in total. The fourth-order valence-electron chi connectivity index (χ4n) is 3.40. The van der Waals surface area contributed by atoms with E-state index in [9.17, 15) is 4.79 Å². The number of nitrogens with zero attached hydrogens (tertiary/aromatic N) is 4. The van der Waals surface area contributed by atoms with E-state index in [-0.39, 0.29) is 17.7 Å². The molecule has 0 aliphatic carbocycles. The van der Waals surface area contributed by atoms with Crippen LogP contribution in [0.25, 0.3) is 17.1 Å². The van der Waals surface area contributed by atoms with E-state index in [1.54, 1.807) is 12.4 Å². The first-order valence-electron chi connectivity index (χ1n) is 10.5. The molecule has 1 amide bonds. The van der Waals surface area contributed by atoms with E-state index in [2.05, 4.69) is 52.5 Å². The Hall–Kier alpha value is -3.16. The van der Waals surface area contributed by atoms with Crippen LogP contribution in [0.2, 0.25) is 5.02 Å². The molecule has 0 saturated carbocycles. The molecule has 2 aromatic heterocycles. The molecule has 33 heavy (non-hydrogen) atoms. The van der Waals surface area contributed by atoms with Crippen molar-refractivity contribution in [3.8, 4) is 17.1 Å². The highest BCUT2D eigenvalue weighted by molar-refractivity contribution is 7.99. The molecule has 0 aliphatic rings. The molecule has 1 atom stereocenters. The summed E-state index contributed by atoms with van der Waals surface area (Å²) >= 11 is 7.42. The Morgan fingerprint density at radius 3 is 2.45 bits per heavy atom. The monoisotopic (exact) mass is 477 g/mol. The molecule has 0 bridgehead atoms. The minimum atomic E-state index is -0.0843. The average Bonchev–Trinajstić information content (AvgIpc) is 3.24. The first kappa shape index (κ1) is 23.0. The van der Waals surface area contributed by atoms with Crippen LogP contribution < -0.4 is 5.32 Å². The summed E-state index contributed by atoms with van der Waals surface area (Å²) in [6.45, 7) is 6.15. The van der Waals surface area contributed by atoms with Crippen molar-refractivity contribution in [2.45, 2.75) is 32.0 Å². The molecule has 1 unspecified atom stereocenters. The number of pyridine rings is 1. The van der Waals surface area contributed by atoms with Crippen LogP contribution >= 0.6 is 23.4 Å². The van der Waals surface area contributed by atoms with Crippen LogP contribution in [0.5, 0.6) is 0 Å². The molecular weight excluding hydrogens is 454 g/mol. The van der Waals surface area contributed by atoms with Crippen molar-refractivity contribution in [2.75, 3.05) is 5.75 Å². The van der Waals surface area contributed by atoms with Gasteiger partial charge in [-0.1, -0.05) is 41.6 Å². The number of benzene rings is 2. The second kappa shape index (κ2) is 10.2. The van der Waals surface area contributed by atoms with Gasteiger partial charge in [0.1, 0.15) is 0 Å². The lowest BCUT2D eigenvalue weighted by Crippen LogP contribution is -2.28. The van der Waals surface area contributed by atoms with E-state index in [4.69, 9.17) is 11.6 Å². The van der Waals surface area contributed by atoms with Gasteiger partial charge in [-0.25, -0.2) is 0 Å². The van der Waals surface area contributed by atoms with E-state index in [1.807, 2.05) is 47.9 Å². The summed E-state index contributed by atoms with van der Waals surface area (Å²) in [7, 11) is 0. The number of amides is 1. The van der Waals surface area contributed by atoms with Crippen LogP contribution in [0.3, 0.4) is 0 Å². The number of thioether (sulfide) groups is 1. The fraction of sp³-hybridized carbons (Fsp3) is 0.200. The van der Waals surface area contributed by atoms with Gasteiger partial charge >= 0.3 is 0 Å².